The summed E-state index contributed by atoms with van der Waals surface area (Å²) >= 11 is 3.36. The molecule has 0 saturated carbocycles. The average Bonchev–Trinajstić information content (AvgIpc) is 2.34. The van der Waals surface area contributed by atoms with Gasteiger partial charge in [0.05, 0.1) is 5.69 Å². The highest BCUT2D eigenvalue weighted by Crippen LogP contribution is 2.23. The van der Waals surface area contributed by atoms with Crippen LogP contribution in [0.2, 0.25) is 0 Å². The Hall–Kier alpha value is -1.68. The van der Waals surface area contributed by atoms with Gasteiger partial charge in [0, 0.05) is 10.0 Å². The molecule has 0 atom stereocenters. The second kappa shape index (κ2) is 5.31. The van der Waals surface area contributed by atoms with E-state index in [4.69, 9.17) is 0 Å². The number of carbonyl (C=O) groups is 1. The predicted octanol–water partition coefficient (Wildman–Crippen LogP) is 4.15. The summed E-state index contributed by atoms with van der Waals surface area (Å²) in [6.07, 6.45) is 0. The van der Waals surface area contributed by atoms with Crippen LogP contribution >= 0.6 is 15.9 Å². The molecule has 2 aromatic carbocycles. The molecule has 1 N–H and O–H groups in total. The molecule has 0 aliphatic rings. The minimum atomic E-state index is -0.425. The first-order valence-corrected chi connectivity index (χ1v) is 6.18. The predicted molar refractivity (Wildman–Crippen MR) is 73.2 cm³/mol. The molecule has 0 aliphatic carbocycles. The van der Waals surface area contributed by atoms with E-state index >= 15 is 0 Å². The van der Waals surface area contributed by atoms with Gasteiger partial charge in [-0.1, -0.05) is 12.1 Å². The lowest BCUT2D eigenvalue weighted by molar-refractivity contribution is 0.102. The van der Waals surface area contributed by atoms with E-state index in [1.807, 2.05) is 25.1 Å². The van der Waals surface area contributed by atoms with Crippen molar-refractivity contribution < 1.29 is 9.18 Å². The number of benzene rings is 2. The fourth-order valence-corrected chi connectivity index (χ4v) is 1.90. The molecule has 2 nitrogen and oxygen atoms in total. The maximum atomic E-state index is 13.0. The van der Waals surface area contributed by atoms with Crippen molar-refractivity contribution in [2.45, 2.75) is 6.92 Å². The Morgan fingerprint density at radius 1 is 1.22 bits per heavy atom. The smallest absolute Gasteiger partial charge is 0.255 e. The Morgan fingerprint density at radius 2 is 2.00 bits per heavy atom. The quantitative estimate of drug-likeness (QED) is 0.887. The molecule has 0 saturated heterocycles. The summed E-state index contributed by atoms with van der Waals surface area (Å²) in [7, 11) is 0. The molecule has 1 amide bonds. The van der Waals surface area contributed by atoms with Crippen LogP contribution in [0.4, 0.5) is 10.1 Å². The lowest BCUT2D eigenvalue weighted by atomic mass is 10.2. The van der Waals surface area contributed by atoms with E-state index in [1.165, 1.54) is 18.2 Å². The zero-order valence-corrected chi connectivity index (χ0v) is 11.3. The van der Waals surface area contributed by atoms with Crippen molar-refractivity contribution in [2.75, 3.05) is 5.32 Å². The van der Waals surface area contributed by atoms with Crippen LogP contribution in [0.1, 0.15) is 15.9 Å². The topological polar surface area (TPSA) is 29.1 Å². The highest BCUT2D eigenvalue weighted by Gasteiger charge is 2.09. The summed E-state index contributed by atoms with van der Waals surface area (Å²) in [6, 6.07) is 11.2. The third kappa shape index (κ3) is 2.96. The highest BCUT2D eigenvalue weighted by atomic mass is 79.9. The van der Waals surface area contributed by atoms with Crippen molar-refractivity contribution in [1.29, 1.82) is 0 Å². The zero-order chi connectivity index (χ0) is 13.1. The highest BCUT2D eigenvalue weighted by molar-refractivity contribution is 9.10. The van der Waals surface area contributed by atoms with Gasteiger partial charge in [-0.3, -0.25) is 4.79 Å². The normalized spacial score (nSPS) is 10.2. The number of carbonyl (C=O) groups excluding carboxylic acids is 1. The number of amides is 1. The molecule has 0 bridgehead atoms. The van der Waals surface area contributed by atoms with Gasteiger partial charge < -0.3 is 5.32 Å². The monoisotopic (exact) mass is 307 g/mol. The molecule has 2 aromatic rings. The van der Waals surface area contributed by atoms with Crippen LogP contribution in [-0.4, -0.2) is 5.91 Å². The van der Waals surface area contributed by atoms with Crippen LogP contribution in [-0.2, 0) is 0 Å². The van der Waals surface area contributed by atoms with Crippen LogP contribution in [0, 0.1) is 12.7 Å². The molecule has 0 aliphatic heterocycles. The minimum Gasteiger partial charge on any atom is -0.321 e. The fourth-order valence-electron chi connectivity index (χ4n) is 1.56. The van der Waals surface area contributed by atoms with Crippen molar-refractivity contribution in [3.63, 3.8) is 0 Å². The molecular formula is C14H11BrFNO. The van der Waals surface area contributed by atoms with E-state index in [1.54, 1.807) is 6.07 Å². The summed E-state index contributed by atoms with van der Waals surface area (Å²) < 4.78 is 13.8. The number of halogens is 2. The number of hydrogen-bond acceptors (Lipinski definition) is 1. The standard InChI is InChI=1S/C14H11BrFNO/c1-9-5-6-12(15)13(7-9)17-14(18)10-3-2-4-11(16)8-10/h2-8H,1H3,(H,17,18). The van der Waals surface area contributed by atoms with Gasteiger partial charge in [0.25, 0.3) is 5.91 Å². The van der Waals surface area contributed by atoms with E-state index in [0.717, 1.165) is 10.0 Å². The molecule has 0 unspecified atom stereocenters. The molecule has 0 spiro atoms. The van der Waals surface area contributed by atoms with E-state index in [9.17, 15) is 9.18 Å². The largest absolute Gasteiger partial charge is 0.321 e. The Balaban J connectivity index is 2.24. The maximum Gasteiger partial charge on any atom is 0.255 e. The lowest BCUT2D eigenvalue weighted by Gasteiger charge is -2.08. The number of anilines is 1. The lowest BCUT2D eigenvalue weighted by Crippen LogP contribution is -2.12. The van der Waals surface area contributed by atoms with Gasteiger partial charge in [0.15, 0.2) is 0 Å². The third-order valence-corrected chi connectivity index (χ3v) is 3.15. The van der Waals surface area contributed by atoms with Gasteiger partial charge in [0.1, 0.15) is 5.82 Å². The average molecular weight is 308 g/mol. The van der Waals surface area contributed by atoms with Gasteiger partial charge in [-0.05, 0) is 58.7 Å². The van der Waals surface area contributed by atoms with Crippen molar-refractivity contribution in [3.8, 4) is 0 Å². The third-order valence-electron chi connectivity index (χ3n) is 2.46. The second-order valence-electron chi connectivity index (χ2n) is 3.95. The molecule has 0 heterocycles. The van der Waals surface area contributed by atoms with E-state index in [2.05, 4.69) is 21.2 Å². The van der Waals surface area contributed by atoms with Crippen LogP contribution in [0.5, 0.6) is 0 Å². The SMILES string of the molecule is Cc1ccc(Br)c(NC(=O)c2cccc(F)c2)c1. The number of aryl methyl sites for hydroxylation is 1. The van der Waals surface area contributed by atoms with Crippen LogP contribution in [0.25, 0.3) is 0 Å². The first kappa shape index (κ1) is 12.8. The van der Waals surface area contributed by atoms with Gasteiger partial charge in [-0.2, -0.15) is 0 Å². The Morgan fingerprint density at radius 3 is 2.72 bits per heavy atom. The zero-order valence-electron chi connectivity index (χ0n) is 9.71. The molecule has 0 aromatic heterocycles. The van der Waals surface area contributed by atoms with Crippen molar-refractivity contribution in [2.24, 2.45) is 0 Å². The van der Waals surface area contributed by atoms with E-state index in [-0.39, 0.29) is 5.91 Å². The van der Waals surface area contributed by atoms with Crippen molar-refractivity contribution >= 4 is 27.5 Å². The van der Waals surface area contributed by atoms with Gasteiger partial charge in [0.2, 0.25) is 0 Å². The van der Waals surface area contributed by atoms with Gasteiger partial charge in [-0.15, -0.1) is 0 Å². The van der Waals surface area contributed by atoms with E-state index in [0.29, 0.717) is 11.3 Å². The summed E-state index contributed by atoms with van der Waals surface area (Å²) in [5, 5.41) is 2.74. The molecule has 92 valence electrons. The van der Waals surface area contributed by atoms with Gasteiger partial charge >= 0.3 is 0 Å². The number of nitrogens with one attached hydrogen (secondary N) is 1. The van der Waals surface area contributed by atoms with Crippen molar-refractivity contribution in [1.82, 2.24) is 0 Å². The van der Waals surface area contributed by atoms with Crippen LogP contribution in [0.15, 0.2) is 46.9 Å². The Kier molecular flexibility index (Phi) is 3.77. The van der Waals surface area contributed by atoms with Crippen LogP contribution < -0.4 is 5.32 Å². The molecule has 4 heteroatoms. The minimum absolute atomic E-state index is 0.295. The van der Waals surface area contributed by atoms with Crippen molar-refractivity contribution in [3.05, 3.63) is 63.9 Å². The number of hydrogen-bond donors (Lipinski definition) is 1. The summed E-state index contributed by atoms with van der Waals surface area (Å²) in [5.41, 5.74) is 2.00. The second-order valence-corrected chi connectivity index (χ2v) is 4.80. The Labute approximate surface area is 113 Å². The number of rotatable bonds is 2. The first-order valence-electron chi connectivity index (χ1n) is 5.39. The van der Waals surface area contributed by atoms with Gasteiger partial charge in [-0.25, -0.2) is 4.39 Å². The molecule has 0 fully saturated rings. The molecule has 2 rings (SSSR count). The fraction of sp³-hybridized carbons (Fsp3) is 0.0714. The summed E-state index contributed by atoms with van der Waals surface area (Å²) in [4.78, 5) is 11.9. The Bertz CT molecular complexity index is 598. The summed E-state index contributed by atoms with van der Waals surface area (Å²) in [5.74, 6) is -0.758. The van der Waals surface area contributed by atoms with E-state index < -0.39 is 5.82 Å². The molecular weight excluding hydrogens is 297 g/mol. The molecule has 18 heavy (non-hydrogen) atoms. The molecule has 0 radical (unpaired) electrons. The first-order chi connectivity index (χ1) is 8.56. The maximum absolute atomic E-state index is 13.0. The van der Waals surface area contributed by atoms with Crippen LogP contribution in [0.3, 0.4) is 0 Å². The summed E-state index contributed by atoms with van der Waals surface area (Å²) in [6.45, 7) is 1.93.